The van der Waals surface area contributed by atoms with Crippen LogP contribution in [0.2, 0.25) is 0 Å². The van der Waals surface area contributed by atoms with Gasteiger partial charge in [-0.15, -0.1) is 23.2 Å². The number of rotatable bonds is 3. The van der Waals surface area contributed by atoms with E-state index in [2.05, 4.69) is 0 Å². The van der Waals surface area contributed by atoms with Crippen LogP contribution in [-0.4, -0.2) is 15.0 Å². The standard InChI is InChI=1S/C5H7Cl5/c6-3-4(7)1-2-5(8,9)10/h4H,1-3H2. The minimum absolute atomic E-state index is 0.0997. The lowest BCUT2D eigenvalue weighted by Gasteiger charge is -2.11. The lowest BCUT2D eigenvalue weighted by atomic mass is 10.3. The van der Waals surface area contributed by atoms with Crippen molar-refractivity contribution in [1.82, 2.24) is 0 Å². The highest BCUT2D eigenvalue weighted by atomic mass is 35.6. The van der Waals surface area contributed by atoms with Crippen molar-refractivity contribution in [2.45, 2.75) is 22.0 Å². The average molecular weight is 244 g/mol. The van der Waals surface area contributed by atoms with Gasteiger partial charge in [0.2, 0.25) is 0 Å². The second-order valence-electron chi connectivity index (χ2n) is 1.91. The van der Waals surface area contributed by atoms with Crippen LogP contribution in [0.3, 0.4) is 0 Å². The molecule has 0 aromatic carbocycles. The number of halogens is 5. The molecule has 0 aliphatic carbocycles. The van der Waals surface area contributed by atoms with E-state index in [0.29, 0.717) is 18.7 Å². The summed E-state index contributed by atoms with van der Waals surface area (Å²) >= 11 is 27.5. The molecule has 0 bridgehead atoms. The first-order valence-electron chi connectivity index (χ1n) is 2.72. The largest absolute Gasteiger partial charge is 0.190 e. The van der Waals surface area contributed by atoms with Crippen molar-refractivity contribution in [2.24, 2.45) is 0 Å². The Morgan fingerprint density at radius 2 is 1.70 bits per heavy atom. The fourth-order valence-electron chi connectivity index (χ4n) is 0.397. The Morgan fingerprint density at radius 1 is 1.20 bits per heavy atom. The third-order valence-corrected chi connectivity index (χ3v) is 2.38. The molecule has 1 unspecified atom stereocenters. The van der Waals surface area contributed by atoms with Crippen molar-refractivity contribution in [2.75, 3.05) is 5.88 Å². The van der Waals surface area contributed by atoms with Gasteiger partial charge in [0.15, 0.2) is 3.79 Å². The van der Waals surface area contributed by atoms with Crippen molar-refractivity contribution in [3.8, 4) is 0 Å². The van der Waals surface area contributed by atoms with E-state index >= 15 is 0 Å². The summed E-state index contributed by atoms with van der Waals surface area (Å²) < 4.78 is -1.20. The average Bonchev–Trinajstić information content (AvgIpc) is 1.81. The van der Waals surface area contributed by atoms with Gasteiger partial charge in [0.1, 0.15) is 0 Å². The predicted octanol–water partition coefficient (Wildman–Crippen LogP) is 3.98. The number of hydrogen-bond acceptors (Lipinski definition) is 0. The Bertz CT molecular complexity index is 86.5. The second-order valence-corrected chi connectivity index (χ2v) is 5.35. The maximum atomic E-state index is 5.66. The maximum Gasteiger partial charge on any atom is 0.190 e. The van der Waals surface area contributed by atoms with E-state index in [-0.39, 0.29) is 5.38 Å². The molecule has 0 aromatic heterocycles. The normalized spacial score (nSPS) is 15.3. The molecular formula is C5H7Cl5. The minimum Gasteiger partial charge on any atom is -0.125 e. The van der Waals surface area contributed by atoms with E-state index in [0.717, 1.165) is 0 Å². The molecule has 0 aliphatic rings. The van der Waals surface area contributed by atoms with Crippen LogP contribution in [0.25, 0.3) is 0 Å². The molecule has 0 nitrogen and oxygen atoms in total. The zero-order chi connectivity index (χ0) is 8.20. The van der Waals surface area contributed by atoms with Crippen LogP contribution in [-0.2, 0) is 0 Å². The number of hydrogen-bond donors (Lipinski definition) is 0. The maximum absolute atomic E-state index is 5.66. The van der Waals surface area contributed by atoms with Crippen LogP contribution in [0.4, 0.5) is 0 Å². The summed E-state index contributed by atoms with van der Waals surface area (Å²) in [6.45, 7) is 0. The van der Waals surface area contributed by atoms with Gasteiger partial charge in [0.25, 0.3) is 0 Å². The molecule has 0 spiro atoms. The van der Waals surface area contributed by atoms with E-state index in [1.807, 2.05) is 0 Å². The zero-order valence-electron chi connectivity index (χ0n) is 5.09. The topological polar surface area (TPSA) is 0 Å². The van der Waals surface area contributed by atoms with Crippen LogP contribution < -0.4 is 0 Å². The Labute approximate surface area is 85.7 Å². The Hall–Kier alpha value is 1.45. The van der Waals surface area contributed by atoms with Crippen molar-refractivity contribution in [3.05, 3.63) is 0 Å². The summed E-state index contributed by atoms with van der Waals surface area (Å²) in [5.74, 6) is 0.391. The molecule has 0 saturated heterocycles. The molecule has 0 N–H and O–H groups in total. The van der Waals surface area contributed by atoms with Gasteiger partial charge in [-0.25, -0.2) is 0 Å². The SMILES string of the molecule is ClCC(Cl)CCC(Cl)(Cl)Cl. The molecule has 0 saturated carbocycles. The summed E-state index contributed by atoms with van der Waals surface area (Å²) in [5.41, 5.74) is 0. The molecule has 0 aromatic rings. The fourth-order valence-corrected chi connectivity index (χ4v) is 0.988. The molecule has 62 valence electrons. The Morgan fingerprint density at radius 3 is 2.00 bits per heavy atom. The molecule has 0 rings (SSSR count). The molecule has 10 heavy (non-hydrogen) atoms. The van der Waals surface area contributed by atoms with Crippen LogP contribution in [0, 0.1) is 0 Å². The lowest BCUT2D eigenvalue weighted by molar-refractivity contribution is 0.743. The van der Waals surface area contributed by atoms with E-state index in [4.69, 9.17) is 58.0 Å². The Kier molecular flexibility index (Phi) is 5.91. The monoisotopic (exact) mass is 242 g/mol. The van der Waals surface area contributed by atoms with Gasteiger partial charge >= 0.3 is 0 Å². The molecule has 0 amide bonds. The molecule has 0 heterocycles. The first-order valence-corrected chi connectivity index (χ1v) is 4.83. The Balaban J connectivity index is 3.36. The van der Waals surface area contributed by atoms with Gasteiger partial charge < -0.3 is 0 Å². The van der Waals surface area contributed by atoms with Gasteiger partial charge in [-0.2, -0.15) is 0 Å². The zero-order valence-corrected chi connectivity index (χ0v) is 8.87. The minimum atomic E-state index is -1.20. The third kappa shape index (κ3) is 7.56. The van der Waals surface area contributed by atoms with Gasteiger partial charge in [-0.3, -0.25) is 0 Å². The van der Waals surface area contributed by atoms with Crippen LogP contribution >= 0.6 is 58.0 Å². The van der Waals surface area contributed by atoms with Crippen LogP contribution in [0.15, 0.2) is 0 Å². The highest BCUT2D eigenvalue weighted by Gasteiger charge is 2.20. The first-order chi connectivity index (χ1) is 4.45. The smallest absolute Gasteiger partial charge is 0.125 e. The van der Waals surface area contributed by atoms with Crippen molar-refractivity contribution in [1.29, 1.82) is 0 Å². The highest BCUT2D eigenvalue weighted by molar-refractivity contribution is 6.67. The molecular weight excluding hydrogens is 237 g/mol. The molecule has 1 atom stereocenters. The van der Waals surface area contributed by atoms with Crippen molar-refractivity contribution >= 4 is 58.0 Å². The van der Waals surface area contributed by atoms with E-state index in [1.54, 1.807) is 0 Å². The molecule has 0 aliphatic heterocycles. The van der Waals surface area contributed by atoms with Gasteiger partial charge in [-0.05, 0) is 12.8 Å². The molecule has 0 fully saturated rings. The summed E-state index contributed by atoms with van der Waals surface area (Å²) in [6.07, 6.45) is 1.07. The van der Waals surface area contributed by atoms with Gasteiger partial charge in [0, 0.05) is 11.3 Å². The van der Waals surface area contributed by atoms with E-state index < -0.39 is 3.79 Å². The highest BCUT2D eigenvalue weighted by Crippen LogP contribution is 2.32. The van der Waals surface area contributed by atoms with Gasteiger partial charge in [0.05, 0.1) is 0 Å². The predicted molar refractivity (Wildman–Crippen MR) is 49.9 cm³/mol. The number of alkyl halides is 5. The first kappa shape index (κ1) is 11.4. The molecule has 5 heteroatoms. The summed E-state index contributed by atoms with van der Waals surface area (Å²) in [4.78, 5) is 0. The second kappa shape index (κ2) is 5.16. The van der Waals surface area contributed by atoms with Crippen LogP contribution in [0.5, 0.6) is 0 Å². The quantitative estimate of drug-likeness (QED) is 0.659. The molecule has 0 radical (unpaired) electrons. The van der Waals surface area contributed by atoms with Crippen LogP contribution in [0.1, 0.15) is 12.8 Å². The summed E-state index contributed by atoms with van der Waals surface area (Å²) in [7, 11) is 0. The van der Waals surface area contributed by atoms with E-state index in [9.17, 15) is 0 Å². The van der Waals surface area contributed by atoms with E-state index in [1.165, 1.54) is 0 Å². The fraction of sp³-hybridized carbons (Fsp3) is 1.00. The lowest BCUT2D eigenvalue weighted by Crippen LogP contribution is -2.08. The van der Waals surface area contributed by atoms with Gasteiger partial charge in [-0.1, -0.05) is 34.8 Å². The summed E-state index contributed by atoms with van der Waals surface area (Å²) in [6, 6.07) is 0. The van der Waals surface area contributed by atoms with Crippen molar-refractivity contribution < 1.29 is 0 Å². The third-order valence-electron chi connectivity index (χ3n) is 0.908. The van der Waals surface area contributed by atoms with Crippen molar-refractivity contribution in [3.63, 3.8) is 0 Å². The summed E-state index contributed by atoms with van der Waals surface area (Å²) in [5, 5.41) is -0.0997.